The van der Waals surface area contributed by atoms with Crippen LogP contribution in [0.25, 0.3) is 0 Å². The Hall–Kier alpha value is -1.27. The first-order chi connectivity index (χ1) is 8.53. The standard InChI is InChI=1S/C12H19F3O4/c1-7(2)18-10(16)9(5-6-12(13,14)15)11(17)19-8(3)4/h7-9H,5-6H2,1-4H3. The summed E-state index contributed by atoms with van der Waals surface area (Å²) < 4.78 is 46.0. The van der Waals surface area contributed by atoms with Gasteiger partial charge in [-0.3, -0.25) is 9.59 Å². The maximum Gasteiger partial charge on any atom is 0.389 e. The van der Waals surface area contributed by atoms with E-state index in [9.17, 15) is 22.8 Å². The Morgan fingerprint density at radius 3 is 1.58 bits per heavy atom. The molecule has 0 aromatic heterocycles. The Morgan fingerprint density at radius 2 is 1.32 bits per heavy atom. The molecule has 0 bridgehead atoms. The molecular formula is C12H19F3O4. The van der Waals surface area contributed by atoms with E-state index < -0.39 is 49.1 Å². The lowest BCUT2D eigenvalue weighted by molar-refractivity contribution is -0.170. The van der Waals surface area contributed by atoms with Crippen LogP contribution in [0.3, 0.4) is 0 Å². The molecule has 0 aliphatic rings. The Balaban J connectivity index is 4.72. The number of carbonyl (C=O) groups is 2. The van der Waals surface area contributed by atoms with Crippen molar-refractivity contribution in [3.63, 3.8) is 0 Å². The molecule has 19 heavy (non-hydrogen) atoms. The zero-order valence-electron chi connectivity index (χ0n) is 11.4. The van der Waals surface area contributed by atoms with Crippen LogP contribution in [0.2, 0.25) is 0 Å². The smallest absolute Gasteiger partial charge is 0.389 e. The van der Waals surface area contributed by atoms with E-state index in [0.717, 1.165) is 0 Å². The molecule has 0 aromatic carbocycles. The average Bonchev–Trinajstić information content (AvgIpc) is 2.12. The monoisotopic (exact) mass is 284 g/mol. The zero-order valence-corrected chi connectivity index (χ0v) is 11.4. The molecule has 0 aliphatic carbocycles. The summed E-state index contributed by atoms with van der Waals surface area (Å²) in [5.74, 6) is -3.50. The minimum Gasteiger partial charge on any atom is -0.462 e. The molecule has 4 nitrogen and oxygen atoms in total. The Morgan fingerprint density at radius 1 is 0.947 bits per heavy atom. The topological polar surface area (TPSA) is 52.6 Å². The van der Waals surface area contributed by atoms with Crippen molar-refractivity contribution >= 4 is 11.9 Å². The van der Waals surface area contributed by atoms with Crippen LogP contribution in [0.1, 0.15) is 40.5 Å². The molecule has 0 fully saturated rings. The van der Waals surface area contributed by atoms with Crippen molar-refractivity contribution in [3.8, 4) is 0 Å². The lowest BCUT2D eigenvalue weighted by Gasteiger charge is -2.18. The predicted molar refractivity (Wildman–Crippen MR) is 61.2 cm³/mol. The molecule has 0 unspecified atom stereocenters. The summed E-state index contributed by atoms with van der Waals surface area (Å²) in [7, 11) is 0. The van der Waals surface area contributed by atoms with Crippen LogP contribution >= 0.6 is 0 Å². The molecule has 0 saturated heterocycles. The van der Waals surface area contributed by atoms with Gasteiger partial charge in [-0.15, -0.1) is 0 Å². The van der Waals surface area contributed by atoms with Crippen LogP contribution in [0.4, 0.5) is 13.2 Å². The first-order valence-corrected chi connectivity index (χ1v) is 6.00. The maximum absolute atomic E-state index is 12.2. The highest BCUT2D eigenvalue weighted by Gasteiger charge is 2.36. The summed E-state index contributed by atoms with van der Waals surface area (Å²) in [6.45, 7) is 6.19. The number of esters is 2. The van der Waals surface area contributed by atoms with Gasteiger partial charge in [0, 0.05) is 6.42 Å². The number of rotatable bonds is 6. The van der Waals surface area contributed by atoms with Gasteiger partial charge in [-0.05, 0) is 34.1 Å². The third-order valence-corrected chi connectivity index (χ3v) is 1.99. The third-order valence-electron chi connectivity index (χ3n) is 1.99. The fourth-order valence-corrected chi connectivity index (χ4v) is 1.27. The molecule has 0 amide bonds. The molecule has 0 saturated carbocycles. The number of carbonyl (C=O) groups excluding carboxylic acids is 2. The lowest BCUT2D eigenvalue weighted by atomic mass is 10.0. The minimum absolute atomic E-state index is 0.507. The number of alkyl halides is 3. The van der Waals surface area contributed by atoms with E-state index in [0.29, 0.717) is 0 Å². The Bertz CT molecular complexity index is 289. The van der Waals surface area contributed by atoms with Crippen LogP contribution in [0.5, 0.6) is 0 Å². The maximum atomic E-state index is 12.2. The Kier molecular flexibility index (Phi) is 6.86. The highest BCUT2D eigenvalue weighted by atomic mass is 19.4. The molecule has 0 aliphatic heterocycles. The first-order valence-electron chi connectivity index (χ1n) is 6.00. The van der Waals surface area contributed by atoms with Crippen molar-refractivity contribution in [2.75, 3.05) is 0 Å². The average molecular weight is 284 g/mol. The quantitative estimate of drug-likeness (QED) is 0.556. The van der Waals surface area contributed by atoms with E-state index in [1.54, 1.807) is 27.7 Å². The Labute approximate surface area is 110 Å². The SMILES string of the molecule is CC(C)OC(=O)C(CCC(F)(F)F)C(=O)OC(C)C. The van der Waals surface area contributed by atoms with Crippen LogP contribution in [-0.2, 0) is 19.1 Å². The van der Waals surface area contributed by atoms with Crippen molar-refractivity contribution in [3.05, 3.63) is 0 Å². The van der Waals surface area contributed by atoms with Gasteiger partial charge in [-0.1, -0.05) is 0 Å². The molecule has 112 valence electrons. The number of hydrogen-bond acceptors (Lipinski definition) is 4. The summed E-state index contributed by atoms with van der Waals surface area (Å²) in [6.07, 6.45) is -7.35. The van der Waals surface area contributed by atoms with Gasteiger partial charge < -0.3 is 9.47 Å². The summed E-state index contributed by atoms with van der Waals surface area (Å²) >= 11 is 0. The van der Waals surface area contributed by atoms with Crippen molar-refractivity contribution < 1.29 is 32.2 Å². The van der Waals surface area contributed by atoms with Gasteiger partial charge in [0.05, 0.1) is 12.2 Å². The second kappa shape index (κ2) is 7.35. The number of ether oxygens (including phenoxy) is 2. The highest BCUT2D eigenvalue weighted by molar-refractivity contribution is 5.95. The summed E-state index contributed by atoms with van der Waals surface area (Å²) in [4.78, 5) is 23.2. The third kappa shape index (κ3) is 8.45. The molecule has 0 radical (unpaired) electrons. The molecule has 0 spiro atoms. The highest BCUT2D eigenvalue weighted by Crippen LogP contribution is 2.25. The van der Waals surface area contributed by atoms with Gasteiger partial charge in [-0.25, -0.2) is 0 Å². The number of halogens is 3. The van der Waals surface area contributed by atoms with Crippen molar-refractivity contribution in [1.29, 1.82) is 0 Å². The normalized spacial score (nSPS) is 12.1. The van der Waals surface area contributed by atoms with E-state index in [2.05, 4.69) is 0 Å². The predicted octanol–water partition coefficient (Wildman–Crippen LogP) is 2.85. The molecule has 0 rings (SSSR count). The van der Waals surface area contributed by atoms with Crippen molar-refractivity contribution in [2.24, 2.45) is 5.92 Å². The summed E-state index contributed by atoms with van der Waals surface area (Å²) in [5, 5.41) is 0. The number of hydrogen-bond donors (Lipinski definition) is 0. The van der Waals surface area contributed by atoms with Gasteiger partial charge in [0.2, 0.25) is 0 Å². The van der Waals surface area contributed by atoms with Gasteiger partial charge in [0.1, 0.15) is 0 Å². The van der Waals surface area contributed by atoms with Gasteiger partial charge in [0.25, 0.3) is 0 Å². The lowest BCUT2D eigenvalue weighted by Crippen LogP contribution is -2.32. The van der Waals surface area contributed by atoms with Gasteiger partial charge in [0.15, 0.2) is 5.92 Å². The summed E-state index contributed by atoms with van der Waals surface area (Å²) in [6, 6.07) is 0. The molecule has 0 heterocycles. The van der Waals surface area contributed by atoms with E-state index in [4.69, 9.17) is 9.47 Å². The first kappa shape index (κ1) is 17.7. The van der Waals surface area contributed by atoms with Crippen LogP contribution < -0.4 is 0 Å². The fourth-order valence-electron chi connectivity index (χ4n) is 1.27. The van der Waals surface area contributed by atoms with E-state index >= 15 is 0 Å². The minimum atomic E-state index is -4.44. The fraction of sp³-hybridized carbons (Fsp3) is 0.833. The molecule has 0 aromatic rings. The van der Waals surface area contributed by atoms with Crippen LogP contribution in [0, 0.1) is 5.92 Å². The summed E-state index contributed by atoms with van der Waals surface area (Å²) in [5.41, 5.74) is 0. The van der Waals surface area contributed by atoms with Gasteiger partial charge in [-0.2, -0.15) is 13.2 Å². The van der Waals surface area contributed by atoms with Crippen LogP contribution in [0.15, 0.2) is 0 Å². The largest absolute Gasteiger partial charge is 0.462 e. The van der Waals surface area contributed by atoms with Gasteiger partial charge >= 0.3 is 18.1 Å². The molecule has 0 atom stereocenters. The van der Waals surface area contributed by atoms with Crippen molar-refractivity contribution in [2.45, 2.75) is 58.9 Å². The van der Waals surface area contributed by atoms with E-state index in [-0.39, 0.29) is 0 Å². The zero-order chi connectivity index (χ0) is 15.2. The second-order valence-corrected chi connectivity index (χ2v) is 4.68. The van der Waals surface area contributed by atoms with E-state index in [1.807, 2.05) is 0 Å². The van der Waals surface area contributed by atoms with Crippen molar-refractivity contribution in [1.82, 2.24) is 0 Å². The van der Waals surface area contributed by atoms with Crippen LogP contribution in [-0.4, -0.2) is 30.3 Å². The second-order valence-electron chi connectivity index (χ2n) is 4.68. The van der Waals surface area contributed by atoms with E-state index in [1.165, 1.54) is 0 Å². The molecular weight excluding hydrogens is 265 g/mol. The molecule has 0 N–H and O–H groups in total. The molecule has 7 heteroatoms.